The van der Waals surface area contributed by atoms with Gasteiger partial charge in [-0.2, -0.15) is 0 Å². The van der Waals surface area contributed by atoms with Crippen LogP contribution >= 0.6 is 0 Å². The standard InChI is InChI=1S/C21H21N3O3/c1-13-15-6-2-3-7-18(15)27-19(13)21(26)23-16-12-14(20(22)25)8-9-17(16)24-10-4-5-11-24/h2-3,6-9,12H,4-5,10-11H2,1H3,(H2,22,25)(H,23,26). The summed E-state index contributed by atoms with van der Waals surface area (Å²) in [4.78, 5) is 26.7. The number of para-hydroxylation sites is 1. The molecule has 2 aromatic carbocycles. The lowest BCUT2D eigenvalue weighted by Gasteiger charge is -2.22. The lowest BCUT2D eigenvalue weighted by Crippen LogP contribution is -2.22. The number of benzene rings is 2. The van der Waals surface area contributed by atoms with Crippen LogP contribution in [0.3, 0.4) is 0 Å². The highest BCUT2D eigenvalue weighted by Crippen LogP contribution is 2.32. The van der Waals surface area contributed by atoms with Crippen LogP contribution in [0, 0.1) is 6.92 Å². The Balaban J connectivity index is 1.71. The van der Waals surface area contributed by atoms with Crippen LogP contribution < -0.4 is 16.0 Å². The van der Waals surface area contributed by atoms with Gasteiger partial charge in [0.1, 0.15) is 5.58 Å². The molecule has 1 fully saturated rings. The van der Waals surface area contributed by atoms with Crippen molar-refractivity contribution in [3.63, 3.8) is 0 Å². The molecule has 0 radical (unpaired) electrons. The average Bonchev–Trinajstić information content (AvgIpc) is 3.30. The van der Waals surface area contributed by atoms with Gasteiger partial charge in [0.15, 0.2) is 5.76 Å². The minimum absolute atomic E-state index is 0.271. The zero-order valence-electron chi connectivity index (χ0n) is 15.1. The van der Waals surface area contributed by atoms with E-state index >= 15 is 0 Å². The minimum atomic E-state index is -0.529. The zero-order chi connectivity index (χ0) is 19.0. The van der Waals surface area contributed by atoms with E-state index in [4.69, 9.17) is 10.2 Å². The summed E-state index contributed by atoms with van der Waals surface area (Å²) in [5.41, 5.74) is 8.69. The van der Waals surface area contributed by atoms with Gasteiger partial charge in [-0.3, -0.25) is 9.59 Å². The molecule has 27 heavy (non-hydrogen) atoms. The Kier molecular flexibility index (Phi) is 4.32. The maximum Gasteiger partial charge on any atom is 0.291 e. The Morgan fingerprint density at radius 1 is 1.11 bits per heavy atom. The van der Waals surface area contributed by atoms with E-state index in [-0.39, 0.29) is 11.7 Å². The van der Waals surface area contributed by atoms with E-state index < -0.39 is 5.91 Å². The predicted molar refractivity (Wildman–Crippen MR) is 105 cm³/mol. The summed E-state index contributed by atoms with van der Waals surface area (Å²) in [6, 6.07) is 12.7. The van der Waals surface area contributed by atoms with E-state index in [9.17, 15) is 9.59 Å². The van der Waals surface area contributed by atoms with Gasteiger partial charge in [0.25, 0.3) is 5.91 Å². The molecule has 0 saturated carbocycles. The molecule has 2 heterocycles. The van der Waals surface area contributed by atoms with Gasteiger partial charge in [-0.15, -0.1) is 0 Å². The fourth-order valence-electron chi connectivity index (χ4n) is 3.59. The monoisotopic (exact) mass is 363 g/mol. The topological polar surface area (TPSA) is 88.6 Å². The number of fused-ring (bicyclic) bond motifs is 1. The Labute approximate surface area is 156 Å². The number of nitrogens with zero attached hydrogens (tertiary/aromatic N) is 1. The molecular weight excluding hydrogens is 342 g/mol. The van der Waals surface area contributed by atoms with Crippen LogP contribution in [-0.4, -0.2) is 24.9 Å². The molecule has 0 unspecified atom stereocenters. The highest BCUT2D eigenvalue weighted by Gasteiger charge is 2.22. The molecular formula is C21H21N3O3. The molecule has 1 saturated heterocycles. The van der Waals surface area contributed by atoms with E-state index in [2.05, 4.69) is 10.2 Å². The van der Waals surface area contributed by atoms with Crippen molar-refractivity contribution in [3.05, 3.63) is 59.4 Å². The number of furan rings is 1. The number of nitrogens with one attached hydrogen (secondary N) is 1. The van der Waals surface area contributed by atoms with E-state index in [0.29, 0.717) is 16.8 Å². The predicted octanol–water partition coefficient (Wildman–Crippen LogP) is 3.69. The first-order valence-corrected chi connectivity index (χ1v) is 9.03. The maximum atomic E-state index is 12.9. The molecule has 3 N–H and O–H groups in total. The third-order valence-corrected chi connectivity index (χ3v) is 5.03. The Morgan fingerprint density at radius 2 is 1.85 bits per heavy atom. The Morgan fingerprint density at radius 3 is 2.56 bits per heavy atom. The molecule has 1 aromatic heterocycles. The van der Waals surface area contributed by atoms with Crippen LogP contribution in [0.5, 0.6) is 0 Å². The van der Waals surface area contributed by atoms with E-state index in [1.54, 1.807) is 12.1 Å². The normalized spacial score (nSPS) is 13.9. The smallest absolute Gasteiger partial charge is 0.291 e. The number of hydrogen-bond donors (Lipinski definition) is 2. The summed E-state index contributed by atoms with van der Waals surface area (Å²) >= 11 is 0. The van der Waals surface area contributed by atoms with Crippen LogP contribution in [-0.2, 0) is 0 Å². The first-order valence-electron chi connectivity index (χ1n) is 9.03. The van der Waals surface area contributed by atoms with Gasteiger partial charge in [0.2, 0.25) is 5.91 Å². The molecule has 3 aromatic rings. The van der Waals surface area contributed by atoms with E-state index in [0.717, 1.165) is 42.6 Å². The third kappa shape index (κ3) is 3.14. The summed E-state index contributed by atoms with van der Waals surface area (Å²) < 4.78 is 5.76. The first-order chi connectivity index (χ1) is 13.0. The van der Waals surface area contributed by atoms with Crippen molar-refractivity contribution >= 4 is 34.2 Å². The van der Waals surface area contributed by atoms with Crippen LogP contribution in [0.2, 0.25) is 0 Å². The van der Waals surface area contributed by atoms with Gasteiger partial charge in [-0.25, -0.2) is 0 Å². The summed E-state index contributed by atoms with van der Waals surface area (Å²) in [6.45, 7) is 3.70. The number of carbonyl (C=O) groups excluding carboxylic acids is 2. The molecule has 2 amide bonds. The first kappa shape index (κ1) is 17.1. The molecule has 6 nitrogen and oxygen atoms in total. The van der Waals surface area contributed by atoms with Gasteiger partial charge in [0, 0.05) is 29.6 Å². The van der Waals surface area contributed by atoms with Gasteiger partial charge >= 0.3 is 0 Å². The SMILES string of the molecule is Cc1c(C(=O)Nc2cc(C(N)=O)ccc2N2CCCC2)oc2ccccc12. The van der Waals surface area contributed by atoms with Crippen molar-refractivity contribution in [2.24, 2.45) is 5.73 Å². The van der Waals surface area contributed by atoms with Crippen molar-refractivity contribution in [2.75, 3.05) is 23.3 Å². The van der Waals surface area contributed by atoms with Gasteiger partial charge in [-0.05, 0) is 44.0 Å². The van der Waals surface area contributed by atoms with Crippen molar-refractivity contribution in [3.8, 4) is 0 Å². The number of carbonyl (C=O) groups is 2. The molecule has 0 bridgehead atoms. The quantitative estimate of drug-likeness (QED) is 0.740. The Hall–Kier alpha value is -3.28. The van der Waals surface area contributed by atoms with Gasteiger partial charge < -0.3 is 20.4 Å². The largest absolute Gasteiger partial charge is 0.451 e. The molecule has 0 spiro atoms. The Bertz CT molecular complexity index is 1030. The number of amides is 2. The summed E-state index contributed by atoms with van der Waals surface area (Å²) in [6.07, 6.45) is 2.21. The molecule has 0 atom stereocenters. The highest BCUT2D eigenvalue weighted by molar-refractivity contribution is 6.08. The zero-order valence-corrected chi connectivity index (χ0v) is 15.1. The van der Waals surface area contributed by atoms with Crippen molar-refractivity contribution in [2.45, 2.75) is 19.8 Å². The van der Waals surface area contributed by atoms with Crippen molar-refractivity contribution in [1.29, 1.82) is 0 Å². The molecule has 4 rings (SSSR count). The fourth-order valence-corrected chi connectivity index (χ4v) is 3.59. The van der Waals surface area contributed by atoms with Gasteiger partial charge in [-0.1, -0.05) is 18.2 Å². The number of primary amides is 1. The number of nitrogens with two attached hydrogens (primary N) is 1. The minimum Gasteiger partial charge on any atom is -0.451 e. The number of rotatable bonds is 4. The number of hydrogen-bond acceptors (Lipinski definition) is 4. The molecule has 1 aliphatic rings. The number of anilines is 2. The summed E-state index contributed by atoms with van der Waals surface area (Å²) in [5, 5.41) is 3.83. The second-order valence-corrected chi connectivity index (χ2v) is 6.80. The highest BCUT2D eigenvalue weighted by atomic mass is 16.3. The van der Waals surface area contributed by atoms with Crippen LogP contribution in [0.15, 0.2) is 46.9 Å². The van der Waals surface area contributed by atoms with Gasteiger partial charge in [0.05, 0.1) is 11.4 Å². The number of aryl methyl sites for hydroxylation is 1. The summed E-state index contributed by atoms with van der Waals surface area (Å²) in [7, 11) is 0. The van der Waals surface area contributed by atoms with E-state index in [1.165, 1.54) is 0 Å². The lowest BCUT2D eigenvalue weighted by molar-refractivity contribution is 0.0989. The molecule has 6 heteroatoms. The van der Waals surface area contributed by atoms with Crippen LogP contribution in [0.4, 0.5) is 11.4 Å². The maximum absolute atomic E-state index is 12.9. The summed E-state index contributed by atoms with van der Waals surface area (Å²) in [5.74, 6) is -0.600. The third-order valence-electron chi connectivity index (χ3n) is 5.03. The molecule has 1 aliphatic heterocycles. The molecule has 0 aliphatic carbocycles. The lowest BCUT2D eigenvalue weighted by atomic mass is 10.1. The van der Waals surface area contributed by atoms with Crippen molar-refractivity contribution in [1.82, 2.24) is 0 Å². The second-order valence-electron chi connectivity index (χ2n) is 6.80. The average molecular weight is 363 g/mol. The fraction of sp³-hybridized carbons (Fsp3) is 0.238. The van der Waals surface area contributed by atoms with E-state index in [1.807, 2.05) is 37.3 Å². The second kappa shape index (κ2) is 6.79. The van der Waals surface area contributed by atoms with Crippen LogP contribution in [0.25, 0.3) is 11.0 Å². The van der Waals surface area contributed by atoms with Crippen molar-refractivity contribution < 1.29 is 14.0 Å². The molecule has 138 valence electrons. The van der Waals surface area contributed by atoms with Crippen LogP contribution in [0.1, 0.15) is 39.3 Å².